The van der Waals surface area contributed by atoms with Crippen LogP contribution in [0, 0.1) is 5.41 Å². The van der Waals surface area contributed by atoms with Gasteiger partial charge in [0, 0.05) is 24.6 Å². The van der Waals surface area contributed by atoms with E-state index in [1.165, 1.54) is 0 Å². The SMILES string of the molecule is O=C(CCn1ccnn1)NCC1(CO)CC1. The third kappa shape index (κ3) is 2.79. The van der Waals surface area contributed by atoms with Crippen LogP contribution in [0.2, 0.25) is 0 Å². The number of nitrogens with one attached hydrogen (secondary N) is 1. The third-order valence-electron chi connectivity index (χ3n) is 2.99. The summed E-state index contributed by atoms with van der Waals surface area (Å²) in [6.07, 6.45) is 5.72. The van der Waals surface area contributed by atoms with E-state index < -0.39 is 0 Å². The van der Waals surface area contributed by atoms with Crippen molar-refractivity contribution in [1.82, 2.24) is 20.3 Å². The molecule has 1 heterocycles. The Hall–Kier alpha value is -1.43. The number of aliphatic hydroxyl groups is 1. The van der Waals surface area contributed by atoms with Gasteiger partial charge in [-0.2, -0.15) is 0 Å². The maximum absolute atomic E-state index is 11.5. The van der Waals surface area contributed by atoms with E-state index >= 15 is 0 Å². The molecule has 0 spiro atoms. The molecule has 2 rings (SSSR count). The van der Waals surface area contributed by atoms with Crippen LogP contribution in [0.3, 0.4) is 0 Å². The molecule has 1 aromatic rings. The summed E-state index contributed by atoms with van der Waals surface area (Å²) >= 11 is 0. The number of hydrogen-bond acceptors (Lipinski definition) is 4. The number of hydrogen-bond donors (Lipinski definition) is 2. The summed E-state index contributed by atoms with van der Waals surface area (Å²) in [5.74, 6) is -0.00442. The van der Waals surface area contributed by atoms with Crippen molar-refractivity contribution in [3.05, 3.63) is 12.4 Å². The van der Waals surface area contributed by atoms with Crippen LogP contribution in [-0.2, 0) is 11.3 Å². The van der Waals surface area contributed by atoms with Gasteiger partial charge in [0.2, 0.25) is 5.91 Å². The van der Waals surface area contributed by atoms with Gasteiger partial charge in [0.25, 0.3) is 0 Å². The van der Waals surface area contributed by atoms with E-state index in [0.717, 1.165) is 12.8 Å². The molecule has 2 N–H and O–H groups in total. The third-order valence-corrected chi connectivity index (χ3v) is 2.99. The predicted molar refractivity (Wildman–Crippen MR) is 56.4 cm³/mol. The molecule has 1 fully saturated rings. The largest absolute Gasteiger partial charge is 0.396 e. The molecular formula is C10H16N4O2. The standard InChI is InChI=1S/C10H16N4O2/c15-8-10(2-3-10)7-11-9(16)1-5-14-6-4-12-13-14/h4,6,15H,1-3,5,7-8H2,(H,11,16). The predicted octanol–water partition coefficient (Wildman–Crippen LogP) is -0.443. The van der Waals surface area contributed by atoms with Crippen LogP contribution >= 0.6 is 0 Å². The minimum Gasteiger partial charge on any atom is -0.396 e. The fraction of sp³-hybridized carbons (Fsp3) is 0.700. The lowest BCUT2D eigenvalue weighted by atomic mass is 10.1. The number of carbonyl (C=O) groups is 1. The second kappa shape index (κ2) is 4.61. The van der Waals surface area contributed by atoms with E-state index in [9.17, 15) is 4.79 Å². The molecular weight excluding hydrogens is 208 g/mol. The highest BCUT2D eigenvalue weighted by molar-refractivity contribution is 5.75. The zero-order chi connectivity index (χ0) is 11.4. The molecule has 0 atom stereocenters. The highest BCUT2D eigenvalue weighted by Gasteiger charge is 2.41. The molecule has 6 nitrogen and oxygen atoms in total. The van der Waals surface area contributed by atoms with Crippen molar-refractivity contribution in [2.75, 3.05) is 13.2 Å². The van der Waals surface area contributed by atoms with Crippen molar-refractivity contribution in [2.45, 2.75) is 25.8 Å². The number of aromatic nitrogens is 3. The van der Waals surface area contributed by atoms with Crippen LogP contribution < -0.4 is 5.32 Å². The summed E-state index contributed by atoms with van der Waals surface area (Å²) < 4.78 is 1.62. The number of aryl methyl sites for hydroxylation is 1. The van der Waals surface area contributed by atoms with Crippen LogP contribution in [0.25, 0.3) is 0 Å². The van der Waals surface area contributed by atoms with Crippen LogP contribution in [0.4, 0.5) is 0 Å². The average molecular weight is 224 g/mol. The Bertz CT molecular complexity index is 346. The first-order valence-electron chi connectivity index (χ1n) is 5.46. The highest BCUT2D eigenvalue weighted by atomic mass is 16.3. The van der Waals surface area contributed by atoms with E-state index in [0.29, 0.717) is 19.5 Å². The van der Waals surface area contributed by atoms with Gasteiger partial charge in [-0.05, 0) is 12.8 Å². The lowest BCUT2D eigenvalue weighted by molar-refractivity contribution is -0.121. The Morgan fingerprint density at radius 2 is 2.38 bits per heavy atom. The van der Waals surface area contributed by atoms with Gasteiger partial charge < -0.3 is 10.4 Å². The van der Waals surface area contributed by atoms with Gasteiger partial charge in [-0.15, -0.1) is 5.10 Å². The van der Waals surface area contributed by atoms with Gasteiger partial charge >= 0.3 is 0 Å². The maximum atomic E-state index is 11.5. The normalized spacial score (nSPS) is 17.1. The maximum Gasteiger partial charge on any atom is 0.221 e. The van der Waals surface area contributed by atoms with Gasteiger partial charge in [-0.3, -0.25) is 9.48 Å². The first kappa shape index (κ1) is 11.1. The van der Waals surface area contributed by atoms with Crippen molar-refractivity contribution >= 4 is 5.91 Å². The van der Waals surface area contributed by atoms with E-state index in [1.807, 2.05) is 0 Å². The first-order valence-corrected chi connectivity index (χ1v) is 5.46. The summed E-state index contributed by atoms with van der Waals surface area (Å²) in [5.41, 5.74) is -0.0249. The average Bonchev–Trinajstić information content (AvgIpc) is 2.90. The molecule has 1 aromatic heterocycles. The molecule has 0 saturated heterocycles. The van der Waals surface area contributed by atoms with Crippen LogP contribution in [0.15, 0.2) is 12.4 Å². The van der Waals surface area contributed by atoms with Gasteiger partial charge in [0.1, 0.15) is 0 Å². The fourth-order valence-corrected chi connectivity index (χ4v) is 1.51. The van der Waals surface area contributed by atoms with Gasteiger partial charge in [0.05, 0.1) is 19.3 Å². The summed E-state index contributed by atoms with van der Waals surface area (Å²) in [5, 5.41) is 19.3. The monoisotopic (exact) mass is 224 g/mol. The van der Waals surface area contributed by atoms with Gasteiger partial charge in [-0.25, -0.2) is 0 Å². The zero-order valence-electron chi connectivity index (χ0n) is 9.09. The van der Waals surface area contributed by atoms with Crippen LogP contribution in [-0.4, -0.2) is 39.2 Å². The summed E-state index contributed by atoms with van der Waals surface area (Å²) in [6.45, 7) is 1.29. The van der Waals surface area contributed by atoms with Crippen LogP contribution in [0.1, 0.15) is 19.3 Å². The van der Waals surface area contributed by atoms with E-state index in [-0.39, 0.29) is 17.9 Å². The molecule has 0 aliphatic heterocycles. The van der Waals surface area contributed by atoms with E-state index in [2.05, 4.69) is 15.6 Å². The molecule has 0 unspecified atom stereocenters. The molecule has 0 bridgehead atoms. The minimum absolute atomic E-state index is 0.00442. The number of nitrogens with zero attached hydrogens (tertiary/aromatic N) is 3. The van der Waals surface area contributed by atoms with Crippen molar-refractivity contribution in [3.8, 4) is 0 Å². The Morgan fingerprint density at radius 3 is 2.94 bits per heavy atom. The number of amides is 1. The Balaban J connectivity index is 1.65. The van der Waals surface area contributed by atoms with Gasteiger partial charge in [-0.1, -0.05) is 5.21 Å². The van der Waals surface area contributed by atoms with Crippen molar-refractivity contribution in [1.29, 1.82) is 0 Å². The second-order valence-electron chi connectivity index (χ2n) is 4.35. The molecule has 16 heavy (non-hydrogen) atoms. The zero-order valence-corrected chi connectivity index (χ0v) is 9.09. The summed E-state index contributed by atoms with van der Waals surface area (Å²) in [6, 6.07) is 0. The Kier molecular flexibility index (Phi) is 3.19. The molecule has 0 radical (unpaired) electrons. The Labute approximate surface area is 93.6 Å². The smallest absolute Gasteiger partial charge is 0.221 e. The van der Waals surface area contributed by atoms with Crippen LogP contribution in [0.5, 0.6) is 0 Å². The number of aliphatic hydroxyl groups excluding tert-OH is 1. The lowest BCUT2D eigenvalue weighted by Gasteiger charge is -2.12. The van der Waals surface area contributed by atoms with E-state index in [4.69, 9.17) is 5.11 Å². The summed E-state index contributed by atoms with van der Waals surface area (Å²) in [4.78, 5) is 11.5. The highest BCUT2D eigenvalue weighted by Crippen LogP contribution is 2.44. The van der Waals surface area contributed by atoms with Gasteiger partial charge in [0.15, 0.2) is 0 Å². The van der Waals surface area contributed by atoms with E-state index in [1.54, 1.807) is 17.1 Å². The van der Waals surface area contributed by atoms with Crippen molar-refractivity contribution in [2.24, 2.45) is 5.41 Å². The molecule has 0 aromatic carbocycles. The molecule has 1 amide bonds. The molecule has 6 heteroatoms. The fourth-order valence-electron chi connectivity index (χ4n) is 1.51. The first-order chi connectivity index (χ1) is 7.74. The Morgan fingerprint density at radius 1 is 1.56 bits per heavy atom. The lowest BCUT2D eigenvalue weighted by Crippen LogP contribution is -2.32. The summed E-state index contributed by atoms with van der Waals surface area (Å²) in [7, 11) is 0. The molecule has 1 aliphatic carbocycles. The molecule has 1 saturated carbocycles. The minimum atomic E-state index is -0.0249. The van der Waals surface area contributed by atoms with Crippen molar-refractivity contribution in [3.63, 3.8) is 0 Å². The van der Waals surface area contributed by atoms with Crippen molar-refractivity contribution < 1.29 is 9.90 Å². The number of rotatable bonds is 6. The quantitative estimate of drug-likeness (QED) is 0.686. The second-order valence-corrected chi connectivity index (χ2v) is 4.35. The molecule has 88 valence electrons. The number of carbonyl (C=O) groups excluding carboxylic acids is 1. The molecule has 1 aliphatic rings. The topological polar surface area (TPSA) is 80.0 Å².